The Balaban J connectivity index is 2.01. The molecule has 0 aliphatic carbocycles. The molecule has 0 N–H and O–H groups in total. The van der Waals surface area contributed by atoms with Crippen LogP contribution in [0.4, 0.5) is 0 Å². The van der Waals surface area contributed by atoms with Gasteiger partial charge in [0.25, 0.3) is 0 Å². The van der Waals surface area contributed by atoms with Crippen LogP contribution in [0, 0.1) is 0 Å². The zero-order chi connectivity index (χ0) is 10.6. The van der Waals surface area contributed by atoms with Gasteiger partial charge in [-0.25, -0.2) is 0 Å². The van der Waals surface area contributed by atoms with Crippen molar-refractivity contribution < 1.29 is 0 Å². The molecule has 0 spiro atoms. The third-order valence-corrected chi connectivity index (χ3v) is 41.7. The molecule has 0 aromatic heterocycles. The fourth-order valence-electron chi connectivity index (χ4n) is 1.67. The molecule has 0 radical (unpaired) electrons. The molecule has 1 heterocycles. The van der Waals surface area contributed by atoms with Gasteiger partial charge in [-0.1, -0.05) is 0 Å². The van der Waals surface area contributed by atoms with Gasteiger partial charge in [0, 0.05) is 0 Å². The van der Waals surface area contributed by atoms with Crippen molar-refractivity contribution in [3.05, 3.63) is 0 Å². The molecule has 0 bridgehead atoms. The Morgan fingerprint density at radius 1 is 0.400 bits per heavy atom. The molecular formula is C11H22Se4. The van der Waals surface area contributed by atoms with Crippen LogP contribution in [0.5, 0.6) is 0 Å². The molecule has 0 nitrogen and oxygen atoms in total. The third-order valence-electron chi connectivity index (χ3n) is 2.58. The summed E-state index contributed by atoms with van der Waals surface area (Å²) in [6.45, 7) is 0. The Hall–Kier alpha value is 2.08. The second-order valence-electron chi connectivity index (χ2n) is 3.96. The molecule has 1 saturated heterocycles. The summed E-state index contributed by atoms with van der Waals surface area (Å²) in [5.41, 5.74) is 0. The van der Waals surface area contributed by atoms with E-state index in [9.17, 15) is 0 Å². The molecule has 0 saturated carbocycles. The van der Waals surface area contributed by atoms with E-state index < -0.39 is 0 Å². The molecule has 15 heavy (non-hydrogen) atoms. The van der Waals surface area contributed by atoms with E-state index in [1.165, 1.54) is 44.9 Å². The summed E-state index contributed by atoms with van der Waals surface area (Å²) in [6, 6.07) is 0. The van der Waals surface area contributed by atoms with Crippen LogP contribution in [-0.4, -0.2) is 48.9 Å². The molecule has 1 aliphatic heterocycles. The van der Waals surface area contributed by atoms with Crippen molar-refractivity contribution in [1.29, 1.82) is 0 Å². The van der Waals surface area contributed by atoms with Crippen LogP contribution in [0.1, 0.15) is 57.8 Å². The van der Waals surface area contributed by atoms with Crippen LogP contribution in [0.15, 0.2) is 0 Å². The number of hydrogen-bond donors (Lipinski definition) is 0. The van der Waals surface area contributed by atoms with Crippen molar-refractivity contribution in [3.63, 3.8) is 0 Å². The van der Waals surface area contributed by atoms with Crippen LogP contribution in [0.2, 0.25) is 10.6 Å². The second kappa shape index (κ2) is 12.5. The summed E-state index contributed by atoms with van der Waals surface area (Å²) < 4.78 is 0. The SMILES string of the molecule is C1CCCCC[Se][Se][Se][Se]CCCCC1. The Kier molecular flexibility index (Phi) is 12.6. The fourth-order valence-corrected chi connectivity index (χ4v) is 43.7. The van der Waals surface area contributed by atoms with Gasteiger partial charge in [-0.15, -0.1) is 0 Å². The van der Waals surface area contributed by atoms with Gasteiger partial charge in [-0.2, -0.15) is 0 Å². The van der Waals surface area contributed by atoms with Crippen LogP contribution >= 0.6 is 0 Å². The van der Waals surface area contributed by atoms with Gasteiger partial charge in [-0.05, 0) is 0 Å². The molecular weight excluding hydrogens is 448 g/mol. The van der Waals surface area contributed by atoms with Crippen LogP contribution in [0.25, 0.3) is 0 Å². The maximum atomic E-state index is 1.62. The van der Waals surface area contributed by atoms with E-state index in [2.05, 4.69) is 0 Å². The van der Waals surface area contributed by atoms with Gasteiger partial charge >= 0.3 is 117 Å². The molecule has 0 aromatic carbocycles. The first-order valence-corrected chi connectivity index (χ1v) is 21.5. The summed E-state index contributed by atoms with van der Waals surface area (Å²) in [4.78, 5) is 0. The quantitative estimate of drug-likeness (QED) is 0.478. The topological polar surface area (TPSA) is 0 Å². The molecule has 1 rings (SSSR count). The summed E-state index contributed by atoms with van der Waals surface area (Å²) in [6.07, 6.45) is 13.8. The van der Waals surface area contributed by atoms with E-state index in [0.717, 1.165) is 48.9 Å². The Morgan fingerprint density at radius 3 is 1.13 bits per heavy atom. The summed E-state index contributed by atoms with van der Waals surface area (Å²) in [5.74, 6) is 0. The minimum absolute atomic E-state index is 1.09. The van der Waals surface area contributed by atoms with E-state index in [-0.39, 0.29) is 0 Å². The van der Waals surface area contributed by atoms with Gasteiger partial charge in [0.05, 0.1) is 0 Å². The van der Waals surface area contributed by atoms with E-state index in [1.807, 2.05) is 0 Å². The first-order valence-electron chi connectivity index (χ1n) is 6.08. The molecule has 1 aliphatic rings. The maximum absolute atomic E-state index is 1.62. The van der Waals surface area contributed by atoms with Gasteiger partial charge in [0.1, 0.15) is 0 Å². The van der Waals surface area contributed by atoms with Gasteiger partial charge in [0.2, 0.25) is 0 Å². The van der Waals surface area contributed by atoms with Gasteiger partial charge in [0.15, 0.2) is 0 Å². The fraction of sp³-hybridized carbons (Fsp3) is 1.00. The van der Waals surface area contributed by atoms with Crippen molar-refractivity contribution >= 4 is 48.9 Å². The molecule has 1 fully saturated rings. The van der Waals surface area contributed by atoms with Gasteiger partial charge in [-0.3, -0.25) is 0 Å². The van der Waals surface area contributed by atoms with Crippen LogP contribution in [0.3, 0.4) is 0 Å². The van der Waals surface area contributed by atoms with Crippen molar-refractivity contribution in [2.24, 2.45) is 0 Å². The average molecular weight is 470 g/mol. The van der Waals surface area contributed by atoms with Crippen molar-refractivity contribution in [2.45, 2.75) is 68.4 Å². The summed E-state index contributed by atoms with van der Waals surface area (Å²) in [7, 11) is 0. The summed E-state index contributed by atoms with van der Waals surface area (Å²) >= 11 is 4.46. The first kappa shape index (κ1) is 15.1. The molecule has 0 unspecified atom stereocenters. The third kappa shape index (κ3) is 10.9. The zero-order valence-electron chi connectivity index (χ0n) is 9.41. The van der Waals surface area contributed by atoms with E-state index in [4.69, 9.17) is 0 Å². The molecule has 0 amide bonds. The van der Waals surface area contributed by atoms with E-state index in [1.54, 1.807) is 23.5 Å². The molecule has 4 heteroatoms. The molecule has 0 atom stereocenters. The van der Waals surface area contributed by atoms with Gasteiger partial charge < -0.3 is 0 Å². The second-order valence-corrected chi connectivity index (χ2v) is 30.8. The van der Waals surface area contributed by atoms with E-state index in [0.29, 0.717) is 0 Å². The normalized spacial score (nSPS) is 24.0. The Bertz CT molecular complexity index is 71.2. The van der Waals surface area contributed by atoms with Crippen LogP contribution in [-0.2, 0) is 0 Å². The minimum atomic E-state index is 1.09. The monoisotopic (exact) mass is 474 g/mol. The van der Waals surface area contributed by atoms with Crippen LogP contribution < -0.4 is 0 Å². The standard InChI is InChI=1S/C11H22Se4/c1-2-4-6-8-10-12-14-15-13-11-9-7-5-3-1/h1-11H2. The van der Waals surface area contributed by atoms with Crippen molar-refractivity contribution in [3.8, 4) is 0 Å². The Morgan fingerprint density at radius 2 is 0.733 bits per heavy atom. The average Bonchev–Trinajstić information content (AvgIpc) is 2.27. The number of rotatable bonds is 0. The van der Waals surface area contributed by atoms with Crippen molar-refractivity contribution in [2.75, 3.05) is 0 Å². The Labute approximate surface area is 116 Å². The molecule has 0 aromatic rings. The zero-order valence-corrected chi connectivity index (χ0v) is 16.3. The van der Waals surface area contributed by atoms with E-state index >= 15 is 0 Å². The predicted octanol–water partition coefficient (Wildman–Crippen LogP) is 2.91. The molecule has 90 valence electrons. The summed E-state index contributed by atoms with van der Waals surface area (Å²) in [5, 5.41) is 3.23. The first-order chi connectivity index (χ1) is 7.50. The number of hydrogen-bond acceptors (Lipinski definition) is 0. The van der Waals surface area contributed by atoms with Crippen molar-refractivity contribution in [1.82, 2.24) is 0 Å². The predicted molar refractivity (Wildman–Crippen MR) is 74.2 cm³/mol.